The van der Waals surface area contributed by atoms with Gasteiger partial charge >= 0.3 is 0 Å². The lowest BCUT2D eigenvalue weighted by atomic mass is 10.0. The van der Waals surface area contributed by atoms with Gasteiger partial charge in [-0.1, -0.05) is 22.9 Å². The molecule has 2 heterocycles. The highest BCUT2D eigenvalue weighted by Crippen LogP contribution is 2.15. The SMILES string of the molecule is Cc1ccc(OCCCC(=O)NC2CCN(C(=O)c3cc(C)on3)CC2)cc1. The van der Waals surface area contributed by atoms with Crippen LogP contribution in [0.2, 0.25) is 0 Å². The zero-order valence-electron chi connectivity index (χ0n) is 16.4. The second kappa shape index (κ2) is 9.39. The average molecular weight is 385 g/mol. The third kappa shape index (κ3) is 5.58. The van der Waals surface area contributed by atoms with Gasteiger partial charge in [-0.25, -0.2) is 0 Å². The van der Waals surface area contributed by atoms with Gasteiger partial charge in [0.05, 0.1) is 6.61 Å². The molecule has 1 aromatic carbocycles. The van der Waals surface area contributed by atoms with Crippen molar-refractivity contribution in [1.82, 2.24) is 15.4 Å². The molecule has 0 atom stereocenters. The minimum Gasteiger partial charge on any atom is -0.494 e. The number of hydrogen-bond donors (Lipinski definition) is 1. The van der Waals surface area contributed by atoms with E-state index in [1.54, 1.807) is 17.9 Å². The fourth-order valence-corrected chi connectivity index (χ4v) is 3.21. The Morgan fingerprint density at radius 3 is 2.57 bits per heavy atom. The molecule has 3 rings (SSSR count). The molecule has 1 saturated heterocycles. The summed E-state index contributed by atoms with van der Waals surface area (Å²) < 4.78 is 10.6. The molecule has 7 heteroatoms. The number of amides is 2. The molecular formula is C21H27N3O4. The number of carbonyl (C=O) groups excluding carboxylic acids is 2. The molecule has 2 amide bonds. The van der Waals surface area contributed by atoms with E-state index < -0.39 is 0 Å². The molecule has 0 bridgehead atoms. The van der Waals surface area contributed by atoms with Gasteiger partial charge in [-0.05, 0) is 45.2 Å². The quantitative estimate of drug-likeness (QED) is 0.741. The minimum atomic E-state index is -0.116. The van der Waals surface area contributed by atoms with Crippen LogP contribution in [0.3, 0.4) is 0 Å². The fraction of sp³-hybridized carbons (Fsp3) is 0.476. The lowest BCUT2D eigenvalue weighted by molar-refractivity contribution is -0.122. The number of rotatable bonds is 7. The van der Waals surface area contributed by atoms with Crippen LogP contribution in [0.4, 0.5) is 0 Å². The molecule has 0 spiro atoms. The molecule has 1 fully saturated rings. The minimum absolute atomic E-state index is 0.0319. The van der Waals surface area contributed by atoms with Crippen LogP contribution in [-0.4, -0.2) is 47.6 Å². The first-order valence-corrected chi connectivity index (χ1v) is 9.72. The van der Waals surface area contributed by atoms with Gasteiger partial charge in [0, 0.05) is 31.6 Å². The summed E-state index contributed by atoms with van der Waals surface area (Å²) in [5.41, 5.74) is 1.53. The fourth-order valence-electron chi connectivity index (χ4n) is 3.21. The Hall–Kier alpha value is -2.83. The van der Waals surface area contributed by atoms with E-state index in [9.17, 15) is 9.59 Å². The van der Waals surface area contributed by atoms with E-state index in [0.717, 1.165) is 18.6 Å². The molecule has 0 unspecified atom stereocenters. The van der Waals surface area contributed by atoms with Crippen molar-refractivity contribution in [1.29, 1.82) is 0 Å². The molecule has 0 aliphatic carbocycles. The van der Waals surface area contributed by atoms with Crippen LogP contribution in [0.1, 0.15) is 47.5 Å². The van der Waals surface area contributed by atoms with Crippen molar-refractivity contribution in [3.05, 3.63) is 47.3 Å². The first-order valence-electron chi connectivity index (χ1n) is 9.72. The summed E-state index contributed by atoms with van der Waals surface area (Å²) >= 11 is 0. The Bertz CT molecular complexity index is 792. The smallest absolute Gasteiger partial charge is 0.276 e. The van der Waals surface area contributed by atoms with Crippen LogP contribution < -0.4 is 10.1 Å². The number of aryl methyl sites for hydroxylation is 2. The third-order valence-electron chi connectivity index (χ3n) is 4.83. The summed E-state index contributed by atoms with van der Waals surface area (Å²) in [4.78, 5) is 26.3. The zero-order valence-corrected chi connectivity index (χ0v) is 16.4. The Morgan fingerprint density at radius 2 is 1.93 bits per heavy atom. The van der Waals surface area contributed by atoms with E-state index in [0.29, 0.717) is 44.0 Å². The van der Waals surface area contributed by atoms with Crippen LogP contribution >= 0.6 is 0 Å². The highest BCUT2D eigenvalue weighted by Gasteiger charge is 2.26. The number of hydrogen-bond acceptors (Lipinski definition) is 5. The van der Waals surface area contributed by atoms with E-state index in [-0.39, 0.29) is 17.9 Å². The maximum absolute atomic E-state index is 12.4. The van der Waals surface area contributed by atoms with Crippen LogP contribution in [0.25, 0.3) is 0 Å². The zero-order chi connectivity index (χ0) is 19.9. The molecule has 0 saturated carbocycles. The molecular weight excluding hydrogens is 358 g/mol. The van der Waals surface area contributed by atoms with Crippen molar-refractivity contribution in [3.63, 3.8) is 0 Å². The predicted molar refractivity (Wildman–Crippen MR) is 104 cm³/mol. The number of carbonyl (C=O) groups is 2. The van der Waals surface area contributed by atoms with Gasteiger partial charge < -0.3 is 19.5 Å². The average Bonchev–Trinajstić information content (AvgIpc) is 3.13. The van der Waals surface area contributed by atoms with Gasteiger partial charge in [0.2, 0.25) is 5.91 Å². The van der Waals surface area contributed by atoms with Crippen molar-refractivity contribution in [2.24, 2.45) is 0 Å². The standard InChI is InChI=1S/C21H27N3O4/c1-15-5-7-18(8-6-15)27-13-3-4-20(25)22-17-9-11-24(12-10-17)21(26)19-14-16(2)28-23-19/h5-8,14,17H,3-4,9-13H2,1-2H3,(H,22,25). The van der Waals surface area contributed by atoms with Gasteiger partial charge in [-0.2, -0.15) is 0 Å². The first-order chi connectivity index (χ1) is 13.5. The van der Waals surface area contributed by atoms with Gasteiger partial charge in [0.25, 0.3) is 5.91 Å². The second-order valence-electron chi connectivity index (χ2n) is 7.22. The maximum Gasteiger partial charge on any atom is 0.276 e. The van der Waals surface area contributed by atoms with Gasteiger partial charge in [-0.15, -0.1) is 0 Å². The number of likely N-dealkylation sites (tertiary alicyclic amines) is 1. The summed E-state index contributed by atoms with van der Waals surface area (Å²) in [5.74, 6) is 1.36. The molecule has 1 aromatic heterocycles. The molecule has 1 N–H and O–H groups in total. The molecule has 7 nitrogen and oxygen atoms in total. The summed E-state index contributed by atoms with van der Waals surface area (Å²) in [6.07, 6.45) is 2.59. The highest BCUT2D eigenvalue weighted by molar-refractivity contribution is 5.92. The predicted octanol–water partition coefficient (Wildman–Crippen LogP) is 2.87. The molecule has 28 heavy (non-hydrogen) atoms. The van der Waals surface area contributed by atoms with Gasteiger partial charge in [-0.3, -0.25) is 9.59 Å². The number of ether oxygens (including phenoxy) is 1. The lowest BCUT2D eigenvalue weighted by Gasteiger charge is -2.31. The Kier molecular flexibility index (Phi) is 6.68. The van der Waals surface area contributed by atoms with Crippen molar-refractivity contribution in [3.8, 4) is 5.75 Å². The Balaban J connectivity index is 1.32. The van der Waals surface area contributed by atoms with Crippen molar-refractivity contribution in [2.45, 2.75) is 45.6 Å². The molecule has 1 aliphatic heterocycles. The topological polar surface area (TPSA) is 84.7 Å². The summed E-state index contributed by atoms with van der Waals surface area (Å²) in [7, 11) is 0. The Labute approximate surface area is 165 Å². The first kappa shape index (κ1) is 19.9. The van der Waals surface area contributed by atoms with E-state index >= 15 is 0 Å². The number of nitrogens with one attached hydrogen (secondary N) is 1. The second-order valence-corrected chi connectivity index (χ2v) is 7.22. The van der Waals surface area contributed by atoms with E-state index in [4.69, 9.17) is 9.26 Å². The number of aromatic nitrogens is 1. The monoisotopic (exact) mass is 385 g/mol. The van der Waals surface area contributed by atoms with Crippen molar-refractivity contribution in [2.75, 3.05) is 19.7 Å². The maximum atomic E-state index is 12.4. The molecule has 0 radical (unpaired) electrons. The summed E-state index contributed by atoms with van der Waals surface area (Å²) in [6, 6.07) is 9.63. The normalized spacial score (nSPS) is 14.7. The van der Waals surface area contributed by atoms with E-state index in [2.05, 4.69) is 10.5 Å². The van der Waals surface area contributed by atoms with E-state index in [1.807, 2.05) is 31.2 Å². The third-order valence-corrected chi connectivity index (χ3v) is 4.83. The largest absolute Gasteiger partial charge is 0.494 e. The molecule has 150 valence electrons. The van der Waals surface area contributed by atoms with Crippen molar-refractivity contribution >= 4 is 11.8 Å². The van der Waals surface area contributed by atoms with E-state index in [1.165, 1.54) is 5.56 Å². The molecule has 2 aromatic rings. The lowest BCUT2D eigenvalue weighted by Crippen LogP contribution is -2.46. The van der Waals surface area contributed by atoms with Gasteiger partial charge in [0.15, 0.2) is 5.69 Å². The summed E-state index contributed by atoms with van der Waals surface area (Å²) in [5, 5.41) is 6.84. The summed E-state index contributed by atoms with van der Waals surface area (Å²) in [6.45, 7) is 5.51. The van der Waals surface area contributed by atoms with Gasteiger partial charge in [0.1, 0.15) is 11.5 Å². The molecule has 1 aliphatic rings. The highest BCUT2D eigenvalue weighted by atomic mass is 16.5. The van der Waals surface area contributed by atoms with Crippen LogP contribution in [0.5, 0.6) is 5.75 Å². The van der Waals surface area contributed by atoms with Crippen molar-refractivity contribution < 1.29 is 18.8 Å². The number of benzene rings is 1. The van der Waals surface area contributed by atoms with Crippen LogP contribution in [0, 0.1) is 13.8 Å². The van der Waals surface area contributed by atoms with Crippen LogP contribution in [-0.2, 0) is 4.79 Å². The Morgan fingerprint density at radius 1 is 1.21 bits per heavy atom. The van der Waals surface area contributed by atoms with Crippen LogP contribution in [0.15, 0.2) is 34.9 Å². The number of piperidine rings is 1. The number of nitrogens with zero attached hydrogens (tertiary/aromatic N) is 2.